The molecule has 1 unspecified atom stereocenters. The molecular formula is C17H24BrNO. The summed E-state index contributed by atoms with van der Waals surface area (Å²) in [5.74, 6) is 0.341. The number of ketones is 1. The van der Waals surface area contributed by atoms with E-state index in [0.29, 0.717) is 12.2 Å². The van der Waals surface area contributed by atoms with Crippen LogP contribution in [0.2, 0.25) is 0 Å². The van der Waals surface area contributed by atoms with Crippen LogP contribution in [0.3, 0.4) is 0 Å². The molecule has 1 atom stereocenters. The highest BCUT2D eigenvalue weighted by atomic mass is 79.9. The van der Waals surface area contributed by atoms with Gasteiger partial charge in [-0.15, -0.1) is 0 Å². The molecule has 20 heavy (non-hydrogen) atoms. The number of nitrogens with zero attached hydrogens (tertiary/aromatic N) is 1. The Morgan fingerprint density at radius 2 is 1.90 bits per heavy atom. The highest BCUT2D eigenvalue weighted by Crippen LogP contribution is 2.27. The number of benzene rings is 1. The molecule has 2 nitrogen and oxygen atoms in total. The van der Waals surface area contributed by atoms with Gasteiger partial charge in [0.05, 0.1) is 5.54 Å². The van der Waals surface area contributed by atoms with Crippen LogP contribution in [0.25, 0.3) is 0 Å². The van der Waals surface area contributed by atoms with Crippen molar-refractivity contribution < 1.29 is 4.79 Å². The first-order valence-corrected chi connectivity index (χ1v) is 8.39. The number of piperidine rings is 1. The third kappa shape index (κ3) is 3.32. The van der Waals surface area contributed by atoms with Gasteiger partial charge in [0.1, 0.15) is 0 Å². The molecule has 2 rings (SSSR count). The van der Waals surface area contributed by atoms with E-state index in [9.17, 15) is 4.79 Å². The van der Waals surface area contributed by atoms with E-state index in [2.05, 4.69) is 34.7 Å². The zero-order valence-electron chi connectivity index (χ0n) is 12.5. The molecule has 0 bridgehead atoms. The summed E-state index contributed by atoms with van der Waals surface area (Å²) in [7, 11) is 0. The molecule has 0 amide bonds. The first kappa shape index (κ1) is 15.7. The summed E-state index contributed by atoms with van der Waals surface area (Å²) in [6, 6.07) is 8.03. The smallest absolute Gasteiger partial charge is 0.157 e. The molecule has 110 valence electrons. The zero-order chi connectivity index (χ0) is 14.6. The summed E-state index contributed by atoms with van der Waals surface area (Å²) in [6.45, 7) is 6.38. The molecule has 1 aromatic carbocycles. The number of likely N-dealkylation sites (tertiary alicyclic amines) is 1. The average molecular weight is 338 g/mol. The van der Waals surface area contributed by atoms with E-state index < -0.39 is 0 Å². The van der Waals surface area contributed by atoms with Gasteiger partial charge in [-0.1, -0.05) is 47.5 Å². The van der Waals surface area contributed by atoms with Crippen LogP contribution < -0.4 is 0 Å². The van der Waals surface area contributed by atoms with Crippen molar-refractivity contribution in [3.63, 3.8) is 0 Å². The largest absolute Gasteiger partial charge is 0.297 e. The number of carbonyl (C=O) groups is 1. The van der Waals surface area contributed by atoms with Gasteiger partial charge in [0.25, 0.3) is 0 Å². The van der Waals surface area contributed by atoms with Crippen LogP contribution in [0.1, 0.15) is 45.1 Å². The number of hydrogen-bond acceptors (Lipinski definition) is 2. The minimum absolute atomic E-state index is 0.310. The number of rotatable bonds is 5. The molecule has 0 radical (unpaired) electrons. The van der Waals surface area contributed by atoms with Gasteiger partial charge < -0.3 is 0 Å². The highest BCUT2D eigenvalue weighted by Gasteiger charge is 2.37. The average Bonchev–Trinajstić information content (AvgIpc) is 2.49. The van der Waals surface area contributed by atoms with Crippen molar-refractivity contribution in [2.24, 2.45) is 0 Å². The van der Waals surface area contributed by atoms with E-state index in [-0.39, 0.29) is 5.54 Å². The van der Waals surface area contributed by atoms with Crippen molar-refractivity contribution in [1.82, 2.24) is 4.90 Å². The van der Waals surface area contributed by atoms with Gasteiger partial charge in [-0.2, -0.15) is 0 Å². The Bertz CT molecular complexity index is 468. The zero-order valence-corrected chi connectivity index (χ0v) is 14.1. The van der Waals surface area contributed by atoms with Crippen LogP contribution in [0.5, 0.6) is 0 Å². The summed E-state index contributed by atoms with van der Waals surface area (Å²) in [6.07, 6.45) is 5.14. The number of hydrogen-bond donors (Lipinski definition) is 0. The first-order valence-electron chi connectivity index (χ1n) is 7.59. The van der Waals surface area contributed by atoms with Crippen molar-refractivity contribution in [2.45, 2.75) is 51.5 Å². The van der Waals surface area contributed by atoms with Crippen molar-refractivity contribution >= 4 is 21.7 Å². The summed E-state index contributed by atoms with van der Waals surface area (Å²) in [5, 5.41) is 0. The minimum Gasteiger partial charge on any atom is -0.297 e. The predicted octanol–water partition coefficient (Wildman–Crippen LogP) is 4.22. The van der Waals surface area contributed by atoms with Gasteiger partial charge >= 0.3 is 0 Å². The second-order valence-electron chi connectivity index (χ2n) is 5.87. The van der Waals surface area contributed by atoms with E-state index >= 15 is 0 Å². The number of halogens is 1. The Morgan fingerprint density at radius 3 is 2.50 bits per heavy atom. The van der Waals surface area contributed by atoms with E-state index in [1.807, 2.05) is 24.3 Å². The quantitative estimate of drug-likeness (QED) is 0.801. The fourth-order valence-electron chi connectivity index (χ4n) is 2.99. The minimum atomic E-state index is -0.310. The van der Waals surface area contributed by atoms with Crippen molar-refractivity contribution in [3.05, 3.63) is 34.3 Å². The third-order valence-electron chi connectivity index (χ3n) is 4.65. The van der Waals surface area contributed by atoms with Crippen LogP contribution in [0.15, 0.2) is 28.7 Å². The summed E-state index contributed by atoms with van der Waals surface area (Å²) in [4.78, 5) is 15.3. The van der Waals surface area contributed by atoms with Gasteiger partial charge in [-0.25, -0.2) is 0 Å². The number of carbonyl (C=O) groups excluding carboxylic acids is 1. The third-order valence-corrected chi connectivity index (χ3v) is 5.43. The fraction of sp³-hybridized carbons (Fsp3) is 0.588. The Kier molecular flexibility index (Phi) is 5.39. The van der Waals surface area contributed by atoms with E-state index in [0.717, 1.165) is 29.5 Å². The SMILES string of the molecule is CCC(C)(C(=O)Cc1ccccc1Br)N1CCCCC1. The molecule has 1 aliphatic rings. The fourth-order valence-corrected chi connectivity index (χ4v) is 3.41. The molecule has 0 spiro atoms. The molecule has 3 heteroatoms. The first-order chi connectivity index (χ1) is 9.58. The van der Waals surface area contributed by atoms with Crippen LogP contribution in [0.4, 0.5) is 0 Å². The molecule has 1 heterocycles. The van der Waals surface area contributed by atoms with Crippen LogP contribution in [0, 0.1) is 0 Å². The van der Waals surface area contributed by atoms with E-state index in [1.54, 1.807) is 0 Å². The lowest BCUT2D eigenvalue weighted by Gasteiger charge is -2.42. The molecule has 0 saturated carbocycles. The van der Waals surface area contributed by atoms with Crippen molar-refractivity contribution in [3.8, 4) is 0 Å². The van der Waals surface area contributed by atoms with Crippen LogP contribution >= 0.6 is 15.9 Å². The van der Waals surface area contributed by atoms with Crippen molar-refractivity contribution in [1.29, 1.82) is 0 Å². The standard InChI is InChI=1S/C17H24BrNO/c1-3-17(2,19-11-7-4-8-12-19)16(20)13-14-9-5-6-10-15(14)18/h5-6,9-10H,3-4,7-8,11-13H2,1-2H3. The summed E-state index contributed by atoms with van der Waals surface area (Å²) in [5.41, 5.74) is 0.782. The number of Topliss-reactive ketones (excluding diaryl/α,β-unsaturated/α-hetero) is 1. The summed E-state index contributed by atoms with van der Waals surface area (Å²) < 4.78 is 1.03. The molecule has 1 fully saturated rings. The lowest BCUT2D eigenvalue weighted by Crippen LogP contribution is -2.54. The monoisotopic (exact) mass is 337 g/mol. The Morgan fingerprint density at radius 1 is 1.25 bits per heavy atom. The predicted molar refractivity (Wildman–Crippen MR) is 87.0 cm³/mol. The molecule has 1 saturated heterocycles. The Hall–Kier alpha value is -0.670. The summed E-state index contributed by atoms with van der Waals surface area (Å²) >= 11 is 3.54. The maximum absolute atomic E-state index is 12.9. The van der Waals surface area contributed by atoms with Gasteiger partial charge in [0, 0.05) is 10.9 Å². The normalized spacial score (nSPS) is 19.6. The molecule has 1 aliphatic heterocycles. The molecule has 0 N–H and O–H groups in total. The van der Waals surface area contributed by atoms with Crippen molar-refractivity contribution in [2.75, 3.05) is 13.1 Å². The Labute approximate surface area is 130 Å². The van der Waals surface area contributed by atoms with Gasteiger partial charge in [-0.05, 0) is 50.9 Å². The van der Waals surface area contributed by atoms with Crippen LogP contribution in [-0.4, -0.2) is 29.3 Å². The maximum atomic E-state index is 12.9. The molecule has 0 aliphatic carbocycles. The van der Waals surface area contributed by atoms with Gasteiger partial charge in [0.15, 0.2) is 5.78 Å². The molecule has 0 aromatic heterocycles. The highest BCUT2D eigenvalue weighted by molar-refractivity contribution is 9.10. The molecular weight excluding hydrogens is 314 g/mol. The second-order valence-corrected chi connectivity index (χ2v) is 6.72. The lowest BCUT2D eigenvalue weighted by atomic mass is 9.86. The topological polar surface area (TPSA) is 20.3 Å². The lowest BCUT2D eigenvalue weighted by molar-refractivity contribution is -0.130. The van der Waals surface area contributed by atoms with Gasteiger partial charge in [0.2, 0.25) is 0 Å². The maximum Gasteiger partial charge on any atom is 0.157 e. The van der Waals surface area contributed by atoms with E-state index in [4.69, 9.17) is 0 Å². The second kappa shape index (κ2) is 6.86. The Balaban J connectivity index is 2.14. The molecule has 1 aromatic rings. The van der Waals surface area contributed by atoms with Gasteiger partial charge in [-0.3, -0.25) is 9.69 Å². The van der Waals surface area contributed by atoms with E-state index in [1.165, 1.54) is 19.3 Å². The van der Waals surface area contributed by atoms with Crippen LogP contribution in [-0.2, 0) is 11.2 Å².